The molecule has 0 aliphatic carbocycles. The number of hydrogen-bond acceptors (Lipinski definition) is 0. The Bertz CT molecular complexity index is 2010. The normalized spacial score (nSPS) is 11.3. The molecular weight excluding hydrogens is 646 g/mol. The maximum Gasteiger partial charge on any atom is 0.242 e. The first-order valence-corrected chi connectivity index (χ1v) is 20.2. The Hall–Kier alpha value is -4.55. The third-order valence-electron chi connectivity index (χ3n) is 12.1. The van der Waals surface area contributed by atoms with Gasteiger partial charge >= 0.3 is 0 Å². The van der Waals surface area contributed by atoms with Crippen molar-refractivity contribution >= 4 is 46.2 Å². The van der Waals surface area contributed by atoms with E-state index in [0.29, 0.717) is 0 Å². The van der Waals surface area contributed by atoms with Crippen LogP contribution in [0.5, 0.6) is 0 Å². The monoisotopic (exact) mass is 706 g/mol. The molecule has 0 saturated carbocycles. The van der Waals surface area contributed by atoms with E-state index >= 15 is 0 Å². The van der Waals surface area contributed by atoms with E-state index in [1.54, 1.807) is 0 Å². The summed E-state index contributed by atoms with van der Waals surface area (Å²) in [6.07, 6.45) is 1.95. The molecule has 0 N–H and O–H groups in total. The third-order valence-corrected chi connectivity index (χ3v) is 12.1. The van der Waals surface area contributed by atoms with Crippen molar-refractivity contribution in [1.82, 2.24) is 0 Å². The SMILES string of the molecule is CCc1cc(B(c2c(C)cc(C)cc2C)c2c(C)cc(C)cc2C)ccc1-c1ccc(B(c2c(C)cc(C)cc2C)c2c(C)cc(C)cc2C)cc1CC. The predicted octanol–water partition coefficient (Wildman–Crippen LogP) is 9.21. The lowest BCUT2D eigenvalue weighted by Gasteiger charge is -2.26. The van der Waals surface area contributed by atoms with Crippen LogP contribution in [-0.2, 0) is 12.8 Å². The molecule has 0 atom stereocenters. The van der Waals surface area contributed by atoms with Crippen molar-refractivity contribution < 1.29 is 0 Å². The van der Waals surface area contributed by atoms with Gasteiger partial charge in [-0.05, 0) is 118 Å². The molecule has 0 saturated heterocycles. The van der Waals surface area contributed by atoms with Crippen LogP contribution in [0.4, 0.5) is 0 Å². The molecule has 0 radical (unpaired) electrons. The van der Waals surface area contributed by atoms with E-state index in [4.69, 9.17) is 0 Å². The largest absolute Gasteiger partial charge is 0.242 e. The third kappa shape index (κ3) is 7.42. The number of hydrogen-bond donors (Lipinski definition) is 0. The van der Waals surface area contributed by atoms with Crippen LogP contribution in [0.15, 0.2) is 84.9 Å². The van der Waals surface area contributed by atoms with Crippen molar-refractivity contribution in [2.45, 2.75) is 110 Å². The second kappa shape index (κ2) is 15.7. The zero-order valence-corrected chi connectivity index (χ0v) is 35.7. The van der Waals surface area contributed by atoms with Gasteiger partial charge in [0.15, 0.2) is 0 Å². The fraction of sp³-hybridized carbons (Fsp3) is 0.308. The van der Waals surface area contributed by atoms with Crippen molar-refractivity contribution in [1.29, 1.82) is 0 Å². The van der Waals surface area contributed by atoms with Gasteiger partial charge in [0.1, 0.15) is 0 Å². The molecule has 0 heterocycles. The predicted molar refractivity (Wildman–Crippen MR) is 243 cm³/mol. The fourth-order valence-electron chi connectivity index (χ4n) is 10.2. The molecule has 0 aliphatic rings. The van der Waals surface area contributed by atoms with E-state index in [1.807, 2.05) is 0 Å². The van der Waals surface area contributed by atoms with Crippen LogP contribution in [0.2, 0.25) is 0 Å². The van der Waals surface area contributed by atoms with Crippen LogP contribution >= 0.6 is 0 Å². The van der Waals surface area contributed by atoms with Gasteiger partial charge in [-0.15, -0.1) is 0 Å². The summed E-state index contributed by atoms with van der Waals surface area (Å²) in [7, 11) is 0. The molecule has 274 valence electrons. The van der Waals surface area contributed by atoms with E-state index in [0.717, 1.165) is 12.8 Å². The lowest BCUT2D eigenvalue weighted by Crippen LogP contribution is -2.56. The van der Waals surface area contributed by atoms with Crippen LogP contribution in [0, 0.1) is 83.1 Å². The Labute approximate surface area is 328 Å². The Kier molecular flexibility index (Phi) is 11.4. The van der Waals surface area contributed by atoms with E-state index in [9.17, 15) is 0 Å². The van der Waals surface area contributed by atoms with Gasteiger partial charge in [-0.3, -0.25) is 0 Å². The summed E-state index contributed by atoms with van der Waals surface area (Å²) in [5.41, 5.74) is 30.4. The van der Waals surface area contributed by atoms with Crippen LogP contribution in [0.1, 0.15) is 91.7 Å². The second-order valence-corrected chi connectivity index (χ2v) is 16.7. The van der Waals surface area contributed by atoms with Crippen molar-refractivity contribution in [3.05, 3.63) is 163 Å². The number of rotatable bonds is 9. The maximum atomic E-state index is 2.53. The summed E-state index contributed by atoms with van der Waals surface area (Å²) >= 11 is 0. The molecule has 54 heavy (non-hydrogen) atoms. The first-order valence-electron chi connectivity index (χ1n) is 20.2. The van der Waals surface area contributed by atoms with Crippen molar-refractivity contribution in [3.8, 4) is 11.1 Å². The maximum absolute atomic E-state index is 2.53. The Morgan fingerprint density at radius 3 is 0.741 bits per heavy atom. The molecule has 6 aromatic carbocycles. The minimum atomic E-state index is 0.168. The molecule has 0 unspecified atom stereocenters. The van der Waals surface area contributed by atoms with Crippen molar-refractivity contribution in [3.63, 3.8) is 0 Å². The Morgan fingerprint density at radius 1 is 0.315 bits per heavy atom. The van der Waals surface area contributed by atoms with Crippen LogP contribution in [0.3, 0.4) is 0 Å². The lowest BCUT2D eigenvalue weighted by molar-refractivity contribution is 1.12. The van der Waals surface area contributed by atoms with Gasteiger partial charge in [0, 0.05) is 0 Å². The van der Waals surface area contributed by atoms with Crippen LogP contribution in [-0.4, -0.2) is 13.4 Å². The molecule has 0 fully saturated rings. The minimum absolute atomic E-state index is 0.168. The van der Waals surface area contributed by atoms with E-state index in [2.05, 4.69) is 182 Å². The van der Waals surface area contributed by atoms with Crippen LogP contribution < -0.4 is 32.8 Å². The molecule has 0 amide bonds. The van der Waals surface area contributed by atoms with Gasteiger partial charge in [-0.2, -0.15) is 0 Å². The Balaban J connectivity index is 1.54. The van der Waals surface area contributed by atoms with E-state index in [-0.39, 0.29) is 13.4 Å². The minimum Gasteiger partial charge on any atom is -0.0683 e. The van der Waals surface area contributed by atoms with Crippen molar-refractivity contribution in [2.75, 3.05) is 0 Å². The molecular formula is C52H60B2. The standard InChI is InChI=1S/C52H60B2/c1-15-43-29-45(53(49-35(7)21-31(3)22-36(49)8)50-37(9)23-32(4)24-38(50)10)17-19-47(43)48-20-18-46(30-44(48)16-2)54(51-39(11)25-33(5)26-40(51)12)52-41(13)27-34(6)28-42(52)14/h17-30H,15-16H2,1-14H3. The van der Waals surface area contributed by atoms with Gasteiger partial charge in [0.05, 0.1) is 0 Å². The highest BCUT2D eigenvalue weighted by molar-refractivity contribution is 6.97. The molecule has 0 nitrogen and oxygen atoms in total. The smallest absolute Gasteiger partial charge is 0.0683 e. The summed E-state index contributed by atoms with van der Waals surface area (Å²) in [6, 6.07) is 33.7. The first kappa shape index (κ1) is 39.2. The molecule has 0 aliphatic heterocycles. The van der Waals surface area contributed by atoms with E-state index < -0.39 is 0 Å². The lowest BCUT2D eigenvalue weighted by atomic mass is 9.34. The quantitative estimate of drug-likeness (QED) is 0.132. The topological polar surface area (TPSA) is 0 Å². The zero-order valence-electron chi connectivity index (χ0n) is 35.7. The summed E-state index contributed by atoms with van der Waals surface area (Å²) in [5.74, 6) is 0. The molecule has 0 bridgehead atoms. The highest BCUT2D eigenvalue weighted by atomic mass is 14.2. The summed E-state index contributed by atoms with van der Waals surface area (Å²) in [6.45, 7) is 32.3. The van der Waals surface area contributed by atoms with Gasteiger partial charge in [0.2, 0.25) is 13.4 Å². The summed E-state index contributed by atoms with van der Waals surface area (Å²) in [4.78, 5) is 0. The van der Waals surface area contributed by atoms with Gasteiger partial charge < -0.3 is 0 Å². The second-order valence-electron chi connectivity index (χ2n) is 16.7. The molecule has 0 spiro atoms. The fourth-order valence-corrected chi connectivity index (χ4v) is 10.2. The first-order chi connectivity index (χ1) is 25.6. The molecule has 6 rings (SSSR count). The summed E-state index contributed by atoms with van der Waals surface area (Å²) in [5, 5.41) is 0. The van der Waals surface area contributed by atoms with Gasteiger partial charge in [-0.25, -0.2) is 0 Å². The Morgan fingerprint density at radius 2 is 0.537 bits per heavy atom. The van der Waals surface area contributed by atoms with Gasteiger partial charge in [0.25, 0.3) is 0 Å². The molecule has 2 heteroatoms. The van der Waals surface area contributed by atoms with E-state index in [1.165, 1.54) is 122 Å². The van der Waals surface area contributed by atoms with Crippen molar-refractivity contribution in [2.24, 2.45) is 0 Å². The highest BCUT2D eigenvalue weighted by Crippen LogP contribution is 2.28. The zero-order chi connectivity index (χ0) is 39.2. The number of aryl methyl sites for hydroxylation is 14. The molecule has 0 aromatic heterocycles. The average molecular weight is 707 g/mol. The average Bonchev–Trinajstić information content (AvgIpc) is 3.08. The highest BCUT2D eigenvalue weighted by Gasteiger charge is 2.31. The molecule has 6 aromatic rings. The number of benzene rings is 6. The summed E-state index contributed by atoms with van der Waals surface area (Å²) < 4.78 is 0. The van der Waals surface area contributed by atoms with Gasteiger partial charge in [-0.1, -0.05) is 198 Å². The van der Waals surface area contributed by atoms with Crippen LogP contribution in [0.25, 0.3) is 11.1 Å².